The molecule has 20 heavy (non-hydrogen) atoms. The van der Waals surface area contributed by atoms with Crippen LogP contribution in [0.5, 0.6) is 0 Å². The zero-order valence-corrected chi connectivity index (χ0v) is 11.8. The second-order valence-corrected chi connectivity index (χ2v) is 6.21. The molecule has 0 spiro atoms. The van der Waals surface area contributed by atoms with E-state index >= 15 is 0 Å². The highest BCUT2D eigenvalue weighted by Gasteiger charge is 2.51. The van der Waals surface area contributed by atoms with Crippen molar-refractivity contribution >= 4 is 11.9 Å². The summed E-state index contributed by atoms with van der Waals surface area (Å²) in [6.45, 7) is 1.66. The molecule has 1 N–H and O–H groups in total. The molecule has 5 heteroatoms. The Balaban J connectivity index is 1.25. The highest BCUT2D eigenvalue weighted by atomic mass is 16.5. The van der Waals surface area contributed by atoms with Gasteiger partial charge in [0.05, 0.1) is 25.0 Å². The second kappa shape index (κ2) is 6.12. The van der Waals surface area contributed by atoms with E-state index < -0.39 is 0 Å². The molecule has 4 fully saturated rings. The van der Waals surface area contributed by atoms with Crippen molar-refractivity contribution < 1.29 is 19.1 Å². The Morgan fingerprint density at radius 3 is 2.35 bits per heavy atom. The Morgan fingerprint density at radius 2 is 1.75 bits per heavy atom. The molecule has 2 heterocycles. The molecule has 4 rings (SSSR count). The van der Waals surface area contributed by atoms with E-state index in [0.717, 1.165) is 38.6 Å². The maximum atomic E-state index is 11.8. The van der Waals surface area contributed by atoms with Crippen LogP contribution in [0.4, 0.5) is 0 Å². The zero-order chi connectivity index (χ0) is 13.9. The van der Waals surface area contributed by atoms with E-state index in [-0.39, 0.29) is 23.8 Å². The van der Waals surface area contributed by atoms with Crippen LogP contribution in [0.2, 0.25) is 0 Å². The minimum atomic E-state index is -0.0848. The van der Waals surface area contributed by atoms with Crippen LogP contribution in [0.1, 0.15) is 38.5 Å². The number of carbonyl (C=O) groups is 2. The predicted molar refractivity (Wildman–Crippen MR) is 71.9 cm³/mol. The molecule has 2 aliphatic carbocycles. The van der Waals surface area contributed by atoms with Crippen molar-refractivity contribution in [2.45, 2.75) is 44.6 Å². The van der Waals surface area contributed by atoms with E-state index in [9.17, 15) is 9.59 Å². The number of hydrogen-bond donors (Lipinski definition) is 1. The lowest BCUT2D eigenvalue weighted by atomic mass is 9.74. The standard InChI is InChI=1S/C15H23NO4/c17-14(10-4-1-2-5-10)19-6-3-7-20-15(18)13-11-8-12(13)16-9-11/h10-13,16H,1-9H2. The number of esters is 2. The van der Waals surface area contributed by atoms with E-state index in [2.05, 4.69) is 5.32 Å². The maximum absolute atomic E-state index is 11.8. The summed E-state index contributed by atoms with van der Waals surface area (Å²) in [4.78, 5) is 23.5. The van der Waals surface area contributed by atoms with Gasteiger partial charge in [0.15, 0.2) is 0 Å². The van der Waals surface area contributed by atoms with Gasteiger partial charge in [-0.05, 0) is 31.7 Å². The molecule has 0 amide bonds. The van der Waals surface area contributed by atoms with Crippen molar-refractivity contribution in [3.63, 3.8) is 0 Å². The average molecular weight is 281 g/mol. The van der Waals surface area contributed by atoms with Gasteiger partial charge in [-0.3, -0.25) is 9.59 Å². The molecule has 112 valence electrons. The average Bonchev–Trinajstić information content (AvgIpc) is 3.14. The van der Waals surface area contributed by atoms with Crippen molar-refractivity contribution in [1.82, 2.24) is 5.32 Å². The predicted octanol–water partition coefficient (Wildman–Crippen LogP) is 1.26. The molecular weight excluding hydrogens is 258 g/mol. The first-order valence-corrected chi connectivity index (χ1v) is 7.82. The number of rotatable bonds is 6. The molecule has 0 radical (unpaired) electrons. The highest BCUT2D eigenvalue weighted by molar-refractivity contribution is 5.75. The third-order valence-electron chi connectivity index (χ3n) is 4.88. The Bertz CT molecular complexity index is 364. The molecule has 2 saturated heterocycles. The van der Waals surface area contributed by atoms with Gasteiger partial charge in [-0.1, -0.05) is 12.8 Å². The molecule has 2 bridgehead atoms. The molecule has 2 saturated carbocycles. The quantitative estimate of drug-likeness (QED) is 0.586. The van der Waals surface area contributed by atoms with Gasteiger partial charge in [0.25, 0.3) is 0 Å². The molecule has 3 unspecified atom stereocenters. The number of ether oxygens (including phenoxy) is 2. The first-order chi connectivity index (χ1) is 9.75. The molecule has 0 aromatic rings. The van der Waals surface area contributed by atoms with Crippen molar-refractivity contribution in [1.29, 1.82) is 0 Å². The molecule has 3 atom stereocenters. The Hall–Kier alpha value is -1.10. The molecule has 4 aliphatic rings. The van der Waals surface area contributed by atoms with Crippen LogP contribution in [-0.4, -0.2) is 37.7 Å². The molecule has 5 nitrogen and oxygen atoms in total. The monoisotopic (exact) mass is 281 g/mol. The van der Waals surface area contributed by atoms with Crippen molar-refractivity contribution in [2.24, 2.45) is 17.8 Å². The fourth-order valence-corrected chi connectivity index (χ4v) is 3.61. The molecule has 0 aromatic heterocycles. The first kappa shape index (κ1) is 13.9. The third-order valence-corrected chi connectivity index (χ3v) is 4.88. The number of carbonyl (C=O) groups excluding carboxylic acids is 2. The van der Waals surface area contributed by atoms with Crippen LogP contribution in [0.3, 0.4) is 0 Å². The first-order valence-electron chi connectivity index (χ1n) is 7.82. The van der Waals surface area contributed by atoms with Crippen LogP contribution in [0.15, 0.2) is 0 Å². The summed E-state index contributed by atoms with van der Waals surface area (Å²) >= 11 is 0. The lowest BCUT2D eigenvalue weighted by molar-refractivity contribution is -0.154. The fourth-order valence-electron chi connectivity index (χ4n) is 3.61. The van der Waals surface area contributed by atoms with Gasteiger partial charge in [0, 0.05) is 12.5 Å². The van der Waals surface area contributed by atoms with Crippen LogP contribution in [-0.2, 0) is 19.1 Å². The van der Waals surface area contributed by atoms with Gasteiger partial charge >= 0.3 is 11.9 Å². The Labute approximate surface area is 119 Å². The summed E-state index contributed by atoms with van der Waals surface area (Å²) in [7, 11) is 0. The van der Waals surface area contributed by atoms with Crippen molar-refractivity contribution in [3.05, 3.63) is 0 Å². The normalized spacial score (nSPS) is 31.9. The highest BCUT2D eigenvalue weighted by Crippen LogP contribution is 2.40. The topological polar surface area (TPSA) is 64.6 Å². The number of hydrogen-bond acceptors (Lipinski definition) is 5. The summed E-state index contributed by atoms with van der Waals surface area (Å²) in [5.74, 6) is 0.492. The van der Waals surface area contributed by atoms with Gasteiger partial charge in [-0.2, -0.15) is 0 Å². The van der Waals surface area contributed by atoms with Crippen LogP contribution < -0.4 is 5.32 Å². The lowest BCUT2D eigenvalue weighted by Gasteiger charge is -2.32. The van der Waals surface area contributed by atoms with Crippen molar-refractivity contribution in [3.8, 4) is 0 Å². The molecular formula is C15H23NO4. The second-order valence-electron chi connectivity index (χ2n) is 6.21. The minimum absolute atomic E-state index is 0.0658. The summed E-state index contributed by atoms with van der Waals surface area (Å²) < 4.78 is 10.5. The molecule has 2 aliphatic heterocycles. The lowest BCUT2D eigenvalue weighted by Crippen LogP contribution is -2.43. The van der Waals surface area contributed by atoms with E-state index in [1.165, 1.54) is 0 Å². The zero-order valence-electron chi connectivity index (χ0n) is 11.8. The van der Waals surface area contributed by atoms with E-state index in [1.807, 2.05) is 0 Å². The van der Waals surface area contributed by atoms with Crippen molar-refractivity contribution in [2.75, 3.05) is 19.8 Å². The fraction of sp³-hybridized carbons (Fsp3) is 0.867. The minimum Gasteiger partial charge on any atom is -0.465 e. The summed E-state index contributed by atoms with van der Waals surface area (Å²) in [6.07, 6.45) is 5.90. The number of fused-ring (bicyclic) bond motifs is 1. The Kier molecular flexibility index (Phi) is 4.24. The summed E-state index contributed by atoms with van der Waals surface area (Å²) in [5, 5.41) is 3.30. The van der Waals surface area contributed by atoms with Gasteiger partial charge in [-0.15, -0.1) is 0 Å². The SMILES string of the molecule is O=C(OCCCOC(=O)C1C2CNC1C2)C1CCCC1. The largest absolute Gasteiger partial charge is 0.465 e. The maximum Gasteiger partial charge on any atom is 0.310 e. The van der Waals surface area contributed by atoms with Gasteiger partial charge in [0.1, 0.15) is 0 Å². The smallest absolute Gasteiger partial charge is 0.310 e. The van der Waals surface area contributed by atoms with Gasteiger partial charge in [-0.25, -0.2) is 0 Å². The summed E-state index contributed by atoms with van der Waals surface area (Å²) in [6, 6.07) is 0.340. The van der Waals surface area contributed by atoms with E-state index in [0.29, 0.717) is 31.6 Å². The van der Waals surface area contributed by atoms with Crippen LogP contribution >= 0.6 is 0 Å². The van der Waals surface area contributed by atoms with E-state index in [4.69, 9.17) is 9.47 Å². The number of nitrogens with one attached hydrogen (secondary N) is 1. The molecule has 0 aromatic carbocycles. The summed E-state index contributed by atoms with van der Waals surface area (Å²) in [5.41, 5.74) is 0. The van der Waals surface area contributed by atoms with E-state index in [1.54, 1.807) is 0 Å². The third kappa shape index (κ3) is 2.82. The van der Waals surface area contributed by atoms with Gasteiger partial charge < -0.3 is 14.8 Å². The van der Waals surface area contributed by atoms with Gasteiger partial charge in [0.2, 0.25) is 0 Å². The van der Waals surface area contributed by atoms with Crippen LogP contribution in [0, 0.1) is 17.8 Å². The Morgan fingerprint density at radius 1 is 1.05 bits per heavy atom. The van der Waals surface area contributed by atoms with Crippen LogP contribution in [0.25, 0.3) is 0 Å².